The summed E-state index contributed by atoms with van der Waals surface area (Å²) in [6.45, 7) is 6.09. The van der Waals surface area contributed by atoms with Crippen LogP contribution in [-0.4, -0.2) is 20.2 Å². The highest BCUT2D eigenvalue weighted by molar-refractivity contribution is 7.89. The molecule has 0 heterocycles. The molecule has 0 bridgehead atoms. The lowest BCUT2D eigenvalue weighted by atomic mass is 10.1. The van der Waals surface area contributed by atoms with Gasteiger partial charge in [-0.25, -0.2) is 13.1 Å². The van der Waals surface area contributed by atoms with Crippen LogP contribution in [0.3, 0.4) is 0 Å². The molecule has 0 aromatic carbocycles. The first kappa shape index (κ1) is 14.9. The van der Waals surface area contributed by atoms with Crippen molar-refractivity contribution in [1.82, 2.24) is 4.72 Å². The lowest BCUT2D eigenvalue weighted by molar-refractivity contribution is 0.525. The molecule has 0 rings (SSSR count). The fourth-order valence-electron chi connectivity index (χ4n) is 1.46. The van der Waals surface area contributed by atoms with Crippen LogP contribution in [0.15, 0.2) is 0 Å². The smallest absolute Gasteiger partial charge is 0.211 e. The van der Waals surface area contributed by atoms with Crippen LogP contribution in [-0.2, 0) is 10.0 Å². The van der Waals surface area contributed by atoms with Crippen molar-refractivity contribution in [3.8, 4) is 0 Å². The summed E-state index contributed by atoms with van der Waals surface area (Å²) < 4.78 is 25.8. The van der Waals surface area contributed by atoms with E-state index in [4.69, 9.17) is 0 Å². The summed E-state index contributed by atoms with van der Waals surface area (Å²) in [5.74, 6) is 0.265. The Balaban J connectivity index is 3.78. The summed E-state index contributed by atoms with van der Waals surface area (Å²) in [5, 5.41) is 0. The summed E-state index contributed by atoms with van der Waals surface area (Å²) in [6.07, 6.45) is 6.08. The second-order valence-electron chi connectivity index (χ2n) is 4.19. The quantitative estimate of drug-likeness (QED) is 0.625. The molecule has 92 valence electrons. The second-order valence-corrected chi connectivity index (χ2v) is 6.06. The van der Waals surface area contributed by atoms with Gasteiger partial charge in [0, 0.05) is 6.04 Å². The monoisotopic (exact) mass is 235 g/mol. The van der Waals surface area contributed by atoms with E-state index >= 15 is 0 Å². The van der Waals surface area contributed by atoms with Gasteiger partial charge in [-0.3, -0.25) is 0 Å². The lowest BCUT2D eigenvalue weighted by Gasteiger charge is -2.13. The maximum Gasteiger partial charge on any atom is 0.211 e. The average molecular weight is 235 g/mol. The normalized spacial score (nSPS) is 14.1. The maximum atomic E-state index is 11.5. The lowest BCUT2D eigenvalue weighted by Crippen LogP contribution is -2.34. The first-order valence-electron chi connectivity index (χ1n) is 6.01. The third-order valence-corrected chi connectivity index (χ3v) is 3.98. The van der Waals surface area contributed by atoms with Crippen molar-refractivity contribution in [2.24, 2.45) is 0 Å². The summed E-state index contributed by atoms with van der Waals surface area (Å²) in [7, 11) is -3.03. The topological polar surface area (TPSA) is 46.2 Å². The molecule has 0 fully saturated rings. The van der Waals surface area contributed by atoms with E-state index in [1.165, 1.54) is 12.8 Å². The molecule has 0 spiro atoms. The van der Waals surface area contributed by atoms with E-state index < -0.39 is 10.0 Å². The Bertz CT molecular complexity index is 237. The van der Waals surface area contributed by atoms with Gasteiger partial charge in [-0.05, 0) is 19.8 Å². The van der Waals surface area contributed by atoms with E-state index in [-0.39, 0.29) is 11.8 Å². The highest BCUT2D eigenvalue weighted by Gasteiger charge is 2.12. The van der Waals surface area contributed by atoms with Crippen molar-refractivity contribution >= 4 is 10.0 Å². The largest absolute Gasteiger partial charge is 0.212 e. The average Bonchev–Trinajstić information content (AvgIpc) is 2.14. The Morgan fingerprint density at radius 2 is 1.67 bits per heavy atom. The Morgan fingerprint density at radius 1 is 1.07 bits per heavy atom. The Morgan fingerprint density at radius 3 is 2.20 bits per heavy atom. The highest BCUT2D eigenvalue weighted by Crippen LogP contribution is 2.04. The molecule has 1 unspecified atom stereocenters. The fraction of sp³-hybridized carbons (Fsp3) is 1.00. The number of sulfonamides is 1. The zero-order valence-corrected chi connectivity index (χ0v) is 11.1. The molecule has 0 aromatic heterocycles. The van der Waals surface area contributed by atoms with E-state index in [1.54, 1.807) is 0 Å². The van der Waals surface area contributed by atoms with E-state index in [2.05, 4.69) is 11.6 Å². The van der Waals surface area contributed by atoms with Crippen molar-refractivity contribution < 1.29 is 8.42 Å². The van der Waals surface area contributed by atoms with Crippen molar-refractivity contribution in [2.75, 3.05) is 5.75 Å². The van der Waals surface area contributed by atoms with Crippen molar-refractivity contribution in [3.05, 3.63) is 0 Å². The number of rotatable bonds is 9. The van der Waals surface area contributed by atoms with Crippen LogP contribution in [0.1, 0.15) is 59.3 Å². The molecule has 0 saturated carbocycles. The van der Waals surface area contributed by atoms with Crippen LogP contribution >= 0.6 is 0 Å². The third-order valence-electron chi connectivity index (χ3n) is 2.39. The summed E-state index contributed by atoms with van der Waals surface area (Å²) in [5.41, 5.74) is 0. The molecule has 15 heavy (non-hydrogen) atoms. The molecule has 0 aromatic rings. The van der Waals surface area contributed by atoms with Crippen LogP contribution in [0.2, 0.25) is 0 Å². The molecule has 0 aliphatic heterocycles. The summed E-state index contributed by atoms with van der Waals surface area (Å²) in [6, 6.07) is 0.0819. The Labute approximate surface area is 94.7 Å². The predicted octanol–water partition coefficient (Wildman–Crippen LogP) is 2.67. The molecule has 0 aliphatic carbocycles. The SMILES string of the molecule is CCCCCC(C)NS(=O)(=O)CCCC. The molecule has 1 atom stereocenters. The van der Waals surface area contributed by atoms with Gasteiger partial charge in [-0.2, -0.15) is 0 Å². The van der Waals surface area contributed by atoms with Gasteiger partial charge in [0.05, 0.1) is 5.75 Å². The van der Waals surface area contributed by atoms with Gasteiger partial charge in [-0.1, -0.05) is 39.5 Å². The third kappa shape index (κ3) is 8.88. The molecule has 0 amide bonds. The van der Waals surface area contributed by atoms with Crippen LogP contribution in [0.4, 0.5) is 0 Å². The van der Waals surface area contributed by atoms with Gasteiger partial charge < -0.3 is 0 Å². The maximum absolute atomic E-state index is 11.5. The number of hydrogen-bond acceptors (Lipinski definition) is 2. The number of hydrogen-bond donors (Lipinski definition) is 1. The Hall–Kier alpha value is -0.0900. The molecule has 1 N–H and O–H groups in total. The van der Waals surface area contributed by atoms with Gasteiger partial charge in [0.1, 0.15) is 0 Å². The van der Waals surface area contributed by atoms with Crippen LogP contribution in [0.25, 0.3) is 0 Å². The van der Waals surface area contributed by atoms with Gasteiger partial charge in [0.2, 0.25) is 10.0 Å². The fourth-order valence-corrected chi connectivity index (χ4v) is 2.98. The van der Waals surface area contributed by atoms with Crippen molar-refractivity contribution in [3.63, 3.8) is 0 Å². The minimum Gasteiger partial charge on any atom is -0.212 e. The van der Waals surface area contributed by atoms with Crippen LogP contribution in [0, 0.1) is 0 Å². The van der Waals surface area contributed by atoms with Crippen molar-refractivity contribution in [2.45, 2.75) is 65.3 Å². The zero-order chi connectivity index (χ0) is 11.7. The van der Waals surface area contributed by atoms with Crippen molar-refractivity contribution in [1.29, 1.82) is 0 Å². The molecule has 0 aliphatic rings. The first-order valence-corrected chi connectivity index (χ1v) is 7.67. The summed E-state index contributed by atoms with van der Waals surface area (Å²) in [4.78, 5) is 0. The van der Waals surface area contributed by atoms with Crippen LogP contribution in [0.5, 0.6) is 0 Å². The van der Waals surface area contributed by atoms with Gasteiger partial charge >= 0.3 is 0 Å². The van der Waals surface area contributed by atoms with Crippen LogP contribution < -0.4 is 4.72 Å². The minimum absolute atomic E-state index is 0.0819. The second kappa shape index (κ2) is 8.11. The van der Waals surface area contributed by atoms with E-state index in [9.17, 15) is 8.42 Å². The molecule has 4 heteroatoms. The molecule has 0 saturated heterocycles. The zero-order valence-electron chi connectivity index (χ0n) is 10.3. The first-order chi connectivity index (χ1) is 7.02. The molecular weight excluding hydrogens is 210 g/mol. The van der Waals surface area contributed by atoms with Gasteiger partial charge in [0.25, 0.3) is 0 Å². The number of nitrogens with one attached hydrogen (secondary N) is 1. The predicted molar refractivity (Wildman–Crippen MR) is 65.4 cm³/mol. The number of unbranched alkanes of at least 4 members (excludes halogenated alkanes) is 3. The molecule has 3 nitrogen and oxygen atoms in total. The highest BCUT2D eigenvalue weighted by atomic mass is 32.2. The van der Waals surface area contributed by atoms with E-state index in [1.807, 2.05) is 13.8 Å². The van der Waals surface area contributed by atoms with E-state index in [0.717, 1.165) is 25.7 Å². The van der Waals surface area contributed by atoms with E-state index in [0.29, 0.717) is 0 Å². The standard InChI is InChI=1S/C11H25NO2S/c1-4-6-8-9-11(3)12-15(13,14)10-7-5-2/h11-12H,4-10H2,1-3H3. The van der Waals surface area contributed by atoms with Gasteiger partial charge in [-0.15, -0.1) is 0 Å². The minimum atomic E-state index is -3.03. The van der Waals surface area contributed by atoms with Gasteiger partial charge in [0.15, 0.2) is 0 Å². The molecular formula is C11H25NO2S. The molecule has 0 radical (unpaired) electrons. The summed E-state index contributed by atoms with van der Waals surface area (Å²) >= 11 is 0. The Kier molecular flexibility index (Phi) is 8.06.